The van der Waals surface area contributed by atoms with E-state index in [9.17, 15) is 0 Å². The topological polar surface area (TPSA) is 36.9 Å². The molecule has 1 rings (SSSR count). The fourth-order valence-corrected chi connectivity index (χ4v) is 2.84. The number of hydrogen-bond acceptors (Lipinski definition) is 4. The van der Waals surface area contributed by atoms with Crippen LogP contribution >= 0.6 is 0 Å². The number of hydrogen-bond donors (Lipinski definition) is 0. The largest absolute Gasteiger partial charge is 0.379 e. The van der Waals surface area contributed by atoms with Gasteiger partial charge in [-0.25, -0.2) is 0 Å². The van der Waals surface area contributed by atoms with Gasteiger partial charge in [0.1, 0.15) is 18.3 Å². The molecule has 4 heteroatoms. The number of rotatable bonds is 14. The molecule has 0 saturated carbocycles. The first-order valence-electron chi connectivity index (χ1n) is 9.74. The standard InChI is InChI=1S/C19H38O4/c1-5-9-12-20-15-17-19(22-14-11-7-3)18(16(8-4)23-17)21-13-10-6-2/h16-19H,5-15H2,1-4H3/t16-,17+,18+,19?/m0/s1. The van der Waals surface area contributed by atoms with Crippen LogP contribution in [0, 0.1) is 0 Å². The molecule has 1 fully saturated rings. The highest BCUT2D eigenvalue weighted by molar-refractivity contribution is 4.92. The molecule has 23 heavy (non-hydrogen) atoms. The van der Waals surface area contributed by atoms with Crippen molar-refractivity contribution in [3.8, 4) is 0 Å². The summed E-state index contributed by atoms with van der Waals surface area (Å²) in [5.74, 6) is 0. The van der Waals surface area contributed by atoms with Gasteiger partial charge in [-0.2, -0.15) is 0 Å². The molecule has 0 aromatic rings. The summed E-state index contributed by atoms with van der Waals surface area (Å²) in [6, 6.07) is 0. The molecular weight excluding hydrogens is 292 g/mol. The molecule has 1 saturated heterocycles. The van der Waals surface area contributed by atoms with Crippen molar-refractivity contribution in [3.05, 3.63) is 0 Å². The predicted octanol–water partition coefficient (Wildman–Crippen LogP) is 4.35. The van der Waals surface area contributed by atoms with E-state index in [0.29, 0.717) is 6.61 Å². The van der Waals surface area contributed by atoms with Gasteiger partial charge in [-0.1, -0.05) is 47.0 Å². The Hall–Kier alpha value is -0.160. The van der Waals surface area contributed by atoms with Crippen molar-refractivity contribution in [1.29, 1.82) is 0 Å². The summed E-state index contributed by atoms with van der Waals surface area (Å²) in [7, 11) is 0. The van der Waals surface area contributed by atoms with Crippen molar-refractivity contribution < 1.29 is 18.9 Å². The molecule has 0 bridgehead atoms. The monoisotopic (exact) mass is 330 g/mol. The van der Waals surface area contributed by atoms with Crippen LogP contribution in [0.25, 0.3) is 0 Å². The molecule has 1 aliphatic rings. The molecule has 0 N–H and O–H groups in total. The maximum atomic E-state index is 6.20. The Balaban J connectivity index is 2.57. The molecule has 1 aliphatic heterocycles. The summed E-state index contributed by atoms with van der Waals surface area (Å²) in [6.45, 7) is 11.7. The number of unbranched alkanes of at least 4 members (excludes halogenated alkanes) is 3. The average Bonchev–Trinajstić information content (AvgIpc) is 2.89. The second kappa shape index (κ2) is 13.2. The molecule has 0 spiro atoms. The predicted molar refractivity (Wildman–Crippen MR) is 94.0 cm³/mol. The highest BCUT2D eigenvalue weighted by atomic mass is 16.6. The van der Waals surface area contributed by atoms with E-state index in [1.165, 1.54) is 0 Å². The van der Waals surface area contributed by atoms with Crippen molar-refractivity contribution in [2.45, 2.75) is 97.1 Å². The molecule has 4 nitrogen and oxygen atoms in total. The lowest BCUT2D eigenvalue weighted by Gasteiger charge is -2.24. The highest BCUT2D eigenvalue weighted by Crippen LogP contribution is 2.29. The van der Waals surface area contributed by atoms with Gasteiger partial charge in [0.15, 0.2) is 0 Å². The third-order valence-electron chi connectivity index (χ3n) is 4.35. The van der Waals surface area contributed by atoms with Crippen LogP contribution in [0.5, 0.6) is 0 Å². The van der Waals surface area contributed by atoms with Crippen LogP contribution in [0.1, 0.15) is 72.6 Å². The zero-order chi connectivity index (χ0) is 16.9. The molecule has 0 amide bonds. The molecule has 0 aromatic carbocycles. The minimum Gasteiger partial charge on any atom is -0.379 e. The molecular formula is C19H38O4. The lowest BCUT2D eigenvalue weighted by molar-refractivity contribution is -0.0795. The third kappa shape index (κ3) is 7.51. The van der Waals surface area contributed by atoms with E-state index in [4.69, 9.17) is 18.9 Å². The smallest absolute Gasteiger partial charge is 0.115 e. The van der Waals surface area contributed by atoms with Crippen molar-refractivity contribution >= 4 is 0 Å². The Morgan fingerprint density at radius 2 is 1.22 bits per heavy atom. The quantitative estimate of drug-likeness (QED) is 0.444. The Morgan fingerprint density at radius 3 is 1.74 bits per heavy atom. The van der Waals surface area contributed by atoms with E-state index in [-0.39, 0.29) is 24.4 Å². The normalized spacial score (nSPS) is 27.7. The van der Waals surface area contributed by atoms with Gasteiger partial charge in [0.2, 0.25) is 0 Å². The molecule has 0 aromatic heterocycles. The second-order valence-corrected chi connectivity index (χ2v) is 6.43. The minimum absolute atomic E-state index is 0.000267. The first kappa shape index (κ1) is 20.9. The Bertz CT molecular complexity index is 272. The van der Waals surface area contributed by atoms with Gasteiger partial charge in [-0.15, -0.1) is 0 Å². The van der Waals surface area contributed by atoms with Crippen LogP contribution in [0.4, 0.5) is 0 Å². The van der Waals surface area contributed by atoms with Gasteiger partial charge in [0.05, 0.1) is 12.7 Å². The van der Waals surface area contributed by atoms with Crippen molar-refractivity contribution in [3.63, 3.8) is 0 Å². The van der Waals surface area contributed by atoms with E-state index in [2.05, 4.69) is 27.7 Å². The Labute approximate surface area is 143 Å². The fourth-order valence-electron chi connectivity index (χ4n) is 2.84. The summed E-state index contributed by atoms with van der Waals surface area (Å²) in [5, 5.41) is 0. The van der Waals surface area contributed by atoms with Gasteiger partial charge < -0.3 is 18.9 Å². The van der Waals surface area contributed by atoms with Crippen molar-refractivity contribution in [2.75, 3.05) is 26.4 Å². The van der Waals surface area contributed by atoms with E-state index in [1.807, 2.05) is 0 Å². The van der Waals surface area contributed by atoms with Gasteiger partial charge in [-0.3, -0.25) is 0 Å². The second-order valence-electron chi connectivity index (χ2n) is 6.43. The van der Waals surface area contributed by atoms with E-state index in [0.717, 1.165) is 64.8 Å². The molecule has 1 unspecified atom stereocenters. The van der Waals surface area contributed by atoms with Crippen molar-refractivity contribution in [1.82, 2.24) is 0 Å². The van der Waals surface area contributed by atoms with E-state index >= 15 is 0 Å². The first-order chi connectivity index (χ1) is 11.3. The van der Waals surface area contributed by atoms with Gasteiger partial charge in [0.25, 0.3) is 0 Å². The van der Waals surface area contributed by atoms with Crippen LogP contribution in [0.15, 0.2) is 0 Å². The summed E-state index contributed by atoms with van der Waals surface area (Å²) in [6.07, 6.45) is 7.84. The average molecular weight is 331 g/mol. The van der Waals surface area contributed by atoms with Crippen LogP contribution in [-0.4, -0.2) is 50.8 Å². The lowest BCUT2D eigenvalue weighted by Crippen LogP contribution is -2.39. The minimum atomic E-state index is 0.000267. The molecule has 1 heterocycles. The number of ether oxygens (including phenoxy) is 4. The van der Waals surface area contributed by atoms with Crippen LogP contribution in [-0.2, 0) is 18.9 Å². The maximum Gasteiger partial charge on any atom is 0.115 e. The summed E-state index contributed by atoms with van der Waals surface area (Å²) >= 11 is 0. The van der Waals surface area contributed by atoms with Crippen LogP contribution in [0.3, 0.4) is 0 Å². The lowest BCUT2D eigenvalue weighted by atomic mass is 10.1. The fraction of sp³-hybridized carbons (Fsp3) is 1.00. The molecule has 4 atom stereocenters. The first-order valence-corrected chi connectivity index (χ1v) is 9.74. The highest BCUT2D eigenvalue weighted by Gasteiger charge is 2.45. The summed E-state index contributed by atoms with van der Waals surface area (Å²) in [5.41, 5.74) is 0. The zero-order valence-electron chi connectivity index (χ0n) is 15.7. The van der Waals surface area contributed by atoms with Crippen LogP contribution < -0.4 is 0 Å². The Kier molecular flexibility index (Phi) is 12.0. The van der Waals surface area contributed by atoms with Crippen molar-refractivity contribution in [2.24, 2.45) is 0 Å². The van der Waals surface area contributed by atoms with Gasteiger partial charge >= 0.3 is 0 Å². The molecule has 0 radical (unpaired) electrons. The van der Waals surface area contributed by atoms with Crippen LogP contribution in [0.2, 0.25) is 0 Å². The molecule has 138 valence electrons. The summed E-state index contributed by atoms with van der Waals surface area (Å²) in [4.78, 5) is 0. The zero-order valence-corrected chi connectivity index (χ0v) is 15.7. The molecule has 0 aliphatic carbocycles. The van der Waals surface area contributed by atoms with E-state index < -0.39 is 0 Å². The van der Waals surface area contributed by atoms with Gasteiger partial charge in [0, 0.05) is 19.8 Å². The third-order valence-corrected chi connectivity index (χ3v) is 4.35. The SMILES string of the molecule is CCCCOC[C@H]1O[C@@H](CC)[C@@H](OCCCC)C1OCCCC. The summed E-state index contributed by atoms with van der Waals surface area (Å²) < 4.78 is 24.3. The van der Waals surface area contributed by atoms with E-state index in [1.54, 1.807) is 0 Å². The maximum absolute atomic E-state index is 6.20. The Morgan fingerprint density at radius 1 is 0.696 bits per heavy atom. The van der Waals surface area contributed by atoms with Gasteiger partial charge in [-0.05, 0) is 25.7 Å².